The lowest BCUT2D eigenvalue weighted by molar-refractivity contribution is 0.662. The fourth-order valence-electron chi connectivity index (χ4n) is 6.60. The van der Waals surface area contributed by atoms with Gasteiger partial charge in [-0.3, -0.25) is 0 Å². The number of nitrogens with one attached hydrogen (secondary N) is 1. The molecule has 2 heteroatoms. The second kappa shape index (κ2) is 8.09. The number of hydrogen-bond acceptors (Lipinski definition) is 2. The molecule has 0 radical (unpaired) electrons. The maximum atomic E-state index is 6.50. The van der Waals surface area contributed by atoms with Gasteiger partial charge in [0, 0.05) is 27.3 Å². The summed E-state index contributed by atoms with van der Waals surface area (Å²) in [7, 11) is 0. The Morgan fingerprint density at radius 1 is 0.538 bits per heavy atom. The largest absolute Gasteiger partial charge is 0.453 e. The van der Waals surface area contributed by atoms with Crippen LogP contribution >= 0.6 is 0 Å². The Balaban J connectivity index is 1.18. The molecule has 0 fully saturated rings. The molecule has 1 aromatic heterocycles. The van der Waals surface area contributed by atoms with Crippen LogP contribution in [0, 0.1) is 0 Å². The van der Waals surface area contributed by atoms with Crippen molar-refractivity contribution in [1.29, 1.82) is 0 Å². The third kappa shape index (κ3) is 3.21. The van der Waals surface area contributed by atoms with Gasteiger partial charge >= 0.3 is 0 Å². The van der Waals surface area contributed by atoms with Crippen molar-refractivity contribution in [1.82, 2.24) is 0 Å². The summed E-state index contributed by atoms with van der Waals surface area (Å²) in [5.41, 5.74) is 11.8. The molecule has 0 saturated carbocycles. The van der Waals surface area contributed by atoms with Crippen LogP contribution in [0.2, 0.25) is 0 Å². The smallest absolute Gasteiger partial charge is 0.158 e. The van der Waals surface area contributed by atoms with Gasteiger partial charge in [-0.05, 0) is 63.0 Å². The summed E-state index contributed by atoms with van der Waals surface area (Å²) >= 11 is 0. The molecule has 0 amide bonds. The van der Waals surface area contributed by atoms with Crippen molar-refractivity contribution in [3.63, 3.8) is 0 Å². The molecular weight excluding hydrogens is 474 g/mol. The molecular formula is C37H27NO. The number of hydrogen-bond donors (Lipinski definition) is 1. The van der Waals surface area contributed by atoms with Crippen LogP contribution in [0.1, 0.15) is 25.0 Å². The molecule has 0 bridgehead atoms. The monoisotopic (exact) mass is 501 g/mol. The van der Waals surface area contributed by atoms with Gasteiger partial charge in [0.15, 0.2) is 5.58 Å². The van der Waals surface area contributed by atoms with E-state index in [1.54, 1.807) is 0 Å². The molecule has 186 valence electrons. The summed E-state index contributed by atoms with van der Waals surface area (Å²) in [6.07, 6.45) is 0. The van der Waals surface area contributed by atoms with Crippen molar-refractivity contribution in [2.45, 2.75) is 19.3 Å². The standard InChI is InChI=1S/C37H27NO/c1-37(2)32-15-6-5-11-28(32)29-13-7-12-26(34(29)37)24-17-20-25(21-18-24)38-33-16-8-14-30-31-22-19-23-9-3-4-10-27(23)35(31)39-36(30)33/h3-22,38H,1-2H3. The molecule has 6 aromatic carbocycles. The highest BCUT2D eigenvalue weighted by molar-refractivity contribution is 6.17. The molecule has 0 aliphatic heterocycles. The zero-order valence-electron chi connectivity index (χ0n) is 22.0. The topological polar surface area (TPSA) is 25.2 Å². The molecule has 8 rings (SSSR count). The minimum absolute atomic E-state index is 0.0411. The van der Waals surface area contributed by atoms with Gasteiger partial charge in [0.1, 0.15) is 5.58 Å². The van der Waals surface area contributed by atoms with Gasteiger partial charge in [-0.1, -0.05) is 111 Å². The highest BCUT2D eigenvalue weighted by Crippen LogP contribution is 2.52. The molecule has 0 spiro atoms. The highest BCUT2D eigenvalue weighted by atomic mass is 16.3. The minimum atomic E-state index is -0.0411. The van der Waals surface area contributed by atoms with E-state index < -0.39 is 0 Å². The molecule has 2 nitrogen and oxygen atoms in total. The Morgan fingerprint density at radius 2 is 1.23 bits per heavy atom. The highest BCUT2D eigenvalue weighted by Gasteiger charge is 2.37. The van der Waals surface area contributed by atoms with Gasteiger partial charge in [-0.25, -0.2) is 0 Å². The first-order valence-electron chi connectivity index (χ1n) is 13.5. The molecule has 39 heavy (non-hydrogen) atoms. The van der Waals surface area contributed by atoms with E-state index in [0.29, 0.717) is 0 Å². The number of rotatable bonds is 3. The quantitative estimate of drug-likeness (QED) is 0.260. The Hall–Kier alpha value is -4.82. The third-order valence-corrected chi connectivity index (χ3v) is 8.44. The summed E-state index contributed by atoms with van der Waals surface area (Å²) in [6.45, 7) is 4.68. The molecule has 0 unspecified atom stereocenters. The van der Waals surface area contributed by atoms with Gasteiger partial charge in [0.25, 0.3) is 0 Å². The molecule has 7 aromatic rings. The molecule has 1 aliphatic rings. The Kier molecular flexibility index (Phi) is 4.60. The first-order valence-corrected chi connectivity index (χ1v) is 13.5. The van der Waals surface area contributed by atoms with Gasteiger partial charge in [-0.2, -0.15) is 0 Å². The molecule has 1 N–H and O–H groups in total. The normalized spacial score (nSPS) is 13.6. The van der Waals surface area contributed by atoms with E-state index >= 15 is 0 Å². The Bertz CT molecular complexity index is 2060. The second-order valence-corrected chi connectivity index (χ2v) is 11.0. The molecule has 0 atom stereocenters. The first-order chi connectivity index (χ1) is 19.1. The van der Waals surface area contributed by atoms with Crippen molar-refractivity contribution in [3.05, 3.63) is 132 Å². The van der Waals surface area contributed by atoms with Crippen LogP contribution in [0.4, 0.5) is 11.4 Å². The van der Waals surface area contributed by atoms with E-state index in [4.69, 9.17) is 4.42 Å². The lowest BCUT2D eigenvalue weighted by atomic mass is 9.79. The zero-order chi connectivity index (χ0) is 26.1. The third-order valence-electron chi connectivity index (χ3n) is 8.44. The molecule has 1 heterocycles. The molecule has 1 aliphatic carbocycles. The van der Waals surface area contributed by atoms with Crippen LogP contribution < -0.4 is 5.32 Å². The number of anilines is 2. The van der Waals surface area contributed by atoms with E-state index in [1.807, 2.05) is 0 Å². The van der Waals surface area contributed by atoms with E-state index in [1.165, 1.54) is 38.8 Å². The number of para-hydroxylation sites is 1. The number of fused-ring (bicyclic) bond motifs is 8. The Morgan fingerprint density at radius 3 is 2.13 bits per heavy atom. The molecule has 0 saturated heterocycles. The van der Waals surface area contributed by atoms with E-state index in [0.717, 1.165) is 38.7 Å². The van der Waals surface area contributed by atoms with E-state index in [9.17, 15) is 0 Å². The summed E-state index contributed by atoms with van der Waals surface area (Å²) in [4.78, 5) is 0. The van der Waals surface area contributed by atoms with Crippen molar-refractivity contribution in [2.24, 2.45) is 0 Å². The van der Waals surface area contributed by atoms with Crippen LogP contribution in [0.15, 0.2) is 126 Å². The zero-order valence-corrected chi connectivity index (χ0v) is 22.0. The van der Waals surface area contributed by atoms with Gasteiger partial charge in [0.05, 0.1) is 5.69 Å². The van der Waals surface area contributed by atoms with Crippen molar-refractivity contribution in [2.75, 3.05) is 5.32 Å². The van der Waals surface area contributed by atoms with E-state index in [2.05, 4.69) is 140 Å². The maximum Gasteiger partial charge on any atom is 0.158 e. The number of furan rings is 1. The summed E-state index contributed by atoms with van der Waals surface area (Å²) in [6, 6.07) is 43.4. The van der Waals surface area contributed by atoms with Gasteiger partial charge in [-0.15, -0.1) is 0 Å². The fraction of sp³-hybridized carbons (Fsp3) is 0.0811. The lowest BCUT2D eigenvalue weighted by Crippen LogP contribution is -2.16. The van der Waals surface area contributed by atoms with Crippen LogP contribution in [-0.4, -0.2) is 0 Å². The van der Waals surface area contributed by atoms with Crippen molar-refractivity contribution < 1.29 is 4.42 Å². The van der Waals surface area contributed by atoms with Crippen molar-refractivity contribution >= 4 is 44.1 Å². The van der Waals surface area contributed by atoms with Gasteiger partial charge in [0.2, 0.25) is 0 Å². The Labute approximate surface area is 227 Å². The summed E-state index contributed by atoms with van der Waals surface area (Å²) in [5, 5.41) is 8.22. The SMILES string of the molecule is CC1(C)c2ccccc2-c2cccc(-c3ccc(Nc4cccc5c4oc4c6ccccc6ccc54)cc3)c21. The van der Waals surface area contributed by atoms with Crippen LogP contribution in [0.3, 0.4) is 0 Å². The first kappa shape index (κ1) is 22.2. The van der Waals surface area contributed by atoms with Crippen LogP contribution in [-0.2, 0) is 5.41 Å². The van der Waals surface area contributed by atoms with Crippen LogP contribution in [0.25, 0.3) is 55.0 Å². The summed E-state index contributed by atoms with van der Waals surface area (Å²) < 4.78 is 6.50. The van der Waals surface area contributed by atoms with E-state index in [-0.39, 0.29) is 5.41 Å². The van der Waals surface area contributed by atoms with Gasteiger partial charge < -0.3 is 9.73 Å². The lowest BCUT2D eigenvalue weighted by Gasteiger charge is -2.24. The predicted octanol–water partition coefficient (Wildman–Crippen LogP) is 10.5. The number of benzene rings is 6. The van der Waals surface area contributed by atoms with Crippen LogP contribution in [0.5, 0.6) is 0 Å². The predicted molar refractivity (Wildman–Crippen MR) is 164 cm³/mol. The minimum Gasteiger partial charge on any atom is -0.453 e. The summed E-state index contributed by atoms with van der Waals surface area (Å²) in [5.74, 6) is 0. The second-order valence-electron chi connectivity index (χ2n) is 11.0. The van der Waals surface area contributed by atoms with Crippen molar-refractivity contribution in [3.8, 4) is 22.3 Å². The maximum absolute atomic E-state index is 6.50. The average molecular weight is 502 g/mol. The average Bonchev–Trinajstić information content (AvgIpc) is 3.48. The fourth-order valence-corrected chi connectivity index (χ4v) is 6.60.